The Labute approximate surface area is 97.6 Å². The van der Waals surface area contributed by atoms with Gasteiger partial charge in [-0.3, -0.25) is 0 Å². The van der Waals surface area contributed by atoms with Crippen LogP contribution >= 0.6 is 0 Å². The molecule has 0 aromatic rings. The Morgan fingerprint density at radius 1 is 0.529 bits per heavy atom. The molecule has 0 spiro atoms. The molecule has 0 aromatic heterocycles. The van der Waals surface area contributed by atoms with E-state index in [1.165, 1.54) is 0 Å². The van der Waals surface area contributed by atoms with Crippen molar-refractivity contribution in [3.05, 3.63) is 0 Å². The fraction of sp³-hybridized carbons (Fsp3) is 1.00. The topological polar surface area (TPSA) is 142 Å². The average Bonchev–Trinajstić information content (AvgIpc) is 2.53. The summed E-state index contributed by atoms with van der Waals surface area (Å²) in [5.41, 5.74) is 0. The summed E-state index contributed by atoms with van der Waals surface area (Å²) in [7, 11) is 0. The highest BCUT2D eigenvalue weighted by Gasteiger charge is 2.60. The van der Waals surface area contributed by atoms with Gasteiger partial charge in [0, 0.05) is 24.4 Å². The second-order valence-corrected chi connectivity index (χ2v) is 4.94. The highest BCUT2D eigenvalue weighted by Crippen LogP contribution is 2.46. The lowest BCUT2D eigenvalue weighted by molar-refractivity contribution is -0.181. The molecule has 0 aliphatic heterocycles. The molecule has 2 aliphatic rings. The lowest BCUT2D eigenvalue weighted by Gasteiger charge is -2.44. The van der Waals surface area contributed by atoms with Crippen LogP contribution in [0.5, 0.6) is 0 Å². The van der Waals surface area contributed by atoms with Gasteiger partial charge in [0.25, 0.3) is 0 Å². The molecule has 7 heteroatoms. The van der Waals surface area contributed by atoms with Gasteiger partial charge in [-0.05, 0) is 0 Å². The van der Waals surface area contributed by atoms with Crippen LogP contribution in [0.15, 0.2) is 0 Å². The Hall–Kier alpha value is -0.280. The molecule has 0 radical (unpaired) electrons. The molecule has 100 valence electrons. The van der Waals surface area contributed by atoms with Crippen LogP contribution in [0, 0.1) is 17.8 Å². The van der Waals surface area contributed by atoms with Gasteiger partial charge in [0.1, 0.15) is 12.2 Å². The molecule has 0 saturated heterocycles. The van der Waals surface area contributed by atoms with Gasteiger partial charge in [-0.25, -0.2) is 0 Å². The predicted molar refractivity (Wildman–Crippen MR) is 53.6 cm³/mol. The van der Waals surface area contributed by atoms with Crippen LogP contribution < -0.4 is 0 Å². The zero-order chi connectivity index (χ0) is 12.9. The van der Waals surface area contributed by atoms with E-state index in [4.69, 9.17) is 0 Å². The Kier molecular flexibility index (Phi) is 3.43. The van der Waals surface area contributed by atoms with Crippen molar-refractivity contribution in [2.24, 2.45) is 17.8 Å². The zero-order valence-electron chi connectivity index (χ0n) is 9.03. The highest BCUT2D eigenvalue weighted by molar-refractivity contribution is 5.09. The van der Waals surface area contributed by atoms with Crippen molar-refractivity contribution < 1.29 is 35.7 Å². The molecule has 0 bridgehead atoms. The highest BCUT2D eigenvalue weighted by atomic mass is 16.4. The lowest BCUT2D eigenvalue weighted by atomic mass is 9.68. The van der Waals surface area contributed by atoms with Crippen molar-refractivity contribution in [3.63, 3.8) is 0 Å². The number of aliphatic hydroxyl groups excluding tert-OH is 7. The van der Waals surface area contributed by atoms with Crippen LogP contribution in [0.1, 0.15) is 0 Å². The largest absolute Gasteiger partial charge is 0.396 e. The number of aliphatic hydroxyl groups is 7. The summed E-state index contributed by atoms with van der Waals surface area (Å²) in [6, 6.07) is 0. The van der Waals surface area contributed by atoms with E-state index in [2.05, 4.69) is 0 Å². The van der Waals surface area contributed by atoms with Crippen LogP contribution in [0.25, 0.3) is 0 Å². The normalized spacial score (nSPS) is 59.1. The van der Waals surface area contributed by atoms with Gasteiger partial charge >= 0.3 is 0 Å². The van der Waals surface area contributed by atoms with E-state index in [0.717, 1.165) is 0 Å². The first kappa shape index (κ1) is 13.2. The van der Waals surface area contributed by atoms with Gasteiger partial charge in [-0.2, -0.15) is 0 Å². The fourth-order valence-electron chi connectivity index (χ4n) is 3.22. The van der Waals surface area contributed by atoms with E-state index in [0.29, 0.717) is 0 Å². The van der Waals surface area contributed by atoms with Crippen molar-refractivity contribution in [1.29, 1.82) is 0 Å². The monoisotopic (exact) mass is 250 g/mol. The minimum Gasteiger partial charge on any atom is -0.396 e. The van der Waals surface area contributed by atoms with Crippen LogP contribution in [0.2, 0.25) is 0 Å². The summed E-state index contributed by atoms with van der Waals surface area (Å²) >= 11 is 0. The van der Waals surface area contributed by atoms with E-state index in [1.807, 2.05) is 0 Å². The van der Waals surface area contributed by atoms with Crippen LogP contribution in [-0.4, -0.2) is 79.0 Å². The minimum absolute atomic E-state index is 0.511. The number of hydrogen-bond acceptors (Lipinski definition) is 7. The molecule has 7 N–H and O–H groups in total. The third kappa shape index (κ3) is 1.70. The SMILES string of the molecule is OC[C@H]1[C@@H](O)[C@@H](O)[C@@H](O)[C@@H]2[C@@H](O)[C@@H](O)[C@@H](O)[C@H]12. The Morgan fingerprint density at radius 3 is 1.41 bits per heavy atom. The summed E-state index contributed by atoms with van der Waals surface area (Å²) in [6.45, 7) is -0.511. The maximum atomic E-state index is 9.76. The second kappa shape index (κ2) is 4.43. The lowest BCUT2D eigenvalue weighted by Crippen LogP contribution is -2.58. The molecule has 0 amide bonds. The van der Waals surface area contributed by atoms with Gasteiger partial charge in [0.05, 0.1) is 24.4 Å². The fourth-order valence-corrected chi connectivity index (χ4v) is 3.22. The summed E-state index contributed by atoms with van der Waals surface area (Å²) in [5, 5.41) is 67.3. The van der Waals surface area contributed by atoms with E-state index in [-0.39, 0.29) is 0 Å². The molecular weight excluding hydrogens is 232 g/mol. The van der Waals surface area contributed by atoms with Crippen LogP contribution in [0.4, 0.5) is 0 Å². The van der Waals surface area contributed by atoms with Crippen molar-refractivity contribution in [2.45, 2.75) is 36.6 Å². The molecule has 9 atom stereocenters. The van der Waals surface area contributed by atoms with Gasteiger partial charge in [-0.1, -0.05) is 0 Å². The van der Waals surface area contributed by atoms with E-state index in [1.54, 1.807) is 0 Å². The Balaban J connectivity index is 2.35. The summed E-state index contributed by atoms with van der Waals surface area (Å²) in [5.74, 6) is -2.70. The number of fused-ring (bicyclic) bond motifs is 1. The first-order chi connectivity index (χ1) is 7.91. The second-order valence-electron chi connectivity index (χ2n) is 4.94. The third-order valence-corrected chi connectivity index (χ3v) is 4.17. The summed E-state index contributed by atoms with van der Waals surface area (Å²) < 4.78 is 0. The molecule has 0 unspecified atom stereocenters. The van der Waals surface area contributed by atoms with E-state index >= 15 is 0 Å². The molecule has 2 fully saturated rings. The summed E-state index contributed by atoms with van der Waals surface area (Å²) in [6.07, 6.45) is -8.54. The zero-order valence-corrected chi connectivity index (χ0v) is 9.03. The Bertz CT molecular complexity index is 286. The van der Waals surface area contributed by atoms with Gasteiger partial charge in [-0.15, -0.1) is 0 Å². The molecule has 7 nitrogen and oxygen atoms in total. The van der Waals surface area contributed by atoms with Gasteiger partial charge in [0.2, 0.25) is 0 Å². The molecule has 17 heavy (non-hydrogen) atoms. The number of hydrogen-bond donors (Lipinski definition) is 7. The van der Waals surface area contributed by atoms with Crippen LogP contribution in [-0.2, 0) is 0 Å². The smallest absolute Gasteiger partial charge is 0.106 e. The third-order valence-electron chi connectivity index (χ3n) is 4.17. The van der Waals surface area contributed by atoms with Crippen LogP contribution in [0.3, 0.4) is 0 Å². The molecule has 2 rings (SSSR count). The summed E-state index contributed by atoms with van der Waals surface area (Å²) in [4.78, 5) is 0. The van der Waals surface area contributed by atoms with Crippen molar-refractivity contribution in [1.82, 2.24) is 0 Å². The van der Waals surface area contributed by atoms with Crippen molar-refractivity contribution >= 4 is 0 Å². The quantitative estimate of drug-likeness (QED) is 0.251. The molecule has 0 heterocycles. The standard InChI is InChI=1S/C10H18O7/c11-1-2-3-4(7(14)9(16)5(2)12)8(15)10(17)6(3)13/h2-17H,1H2/t2-,3-,4-,5-,6+,7+,8-,9-,10+/m1/s1. The molecule has 2 saturated carbocycles. The van der Waals surface area contributed by atoms with Gasteiger partial charge < -0.3 is 35.7 Å². The average molecular weight is 250 g/mol. The molecule has 2 aliphatic carbocycles. The Morgan fingerprint density at radius 2 is 0.941 bits per heavy atom. The van der Waals surface area contributed by atoms with E-state index < -0.39 is 61.0 Å². The molecular formula is C10H18O7. The number of rotatable bonds is 1. The van der Waals surface area contributed by atoms with Gasteiger partial charge in [0.15, 0.2) is 0 Å². The maximum absolute atomic E-state index is 9.76. The predicted octanol–water partition coefficient (Wildman–Crippen LogP) is -3.98. The van der Waals surface area contributed by atoms with Crippen molar-refractivity contribution in [3.8, 4) is 0 Å². The maximum Gasteiger partial charge on any atom is 0.106 e. The van der Waals surface area contributed by atoms with Crippen molar-refractivity contribution in [2.75, 3.05) is 6.61 Å². The molecule has 0 aromatic carbocycles. The van der Waals surface area contributed by atoms with E-state index in [9.17, 15) is 35.7 Å². The minimum atomic E-state index is -1.51. The first-order valence-electron chi connectivity index (χ1n) is 5.61. The first-order valence-corrected chi connectivity index (χ1v) is 5.61.